The number of carboxylic acid groups (broad SMARTS) is 1. The maximum absolute atomic E-state index is 13.3. The summed E-state index contributed by atoms with van der Waals surface area (Å²) in [4.78, 5) is 39.3. The van der Waals surface area contributed by atoms with Crippen LogP contribution >= 0.6 is 0 Å². The molecule has 34 heavy (non-hydrogen) atoms. The van der Waals surface area contributed by atoms with E-state index >= 15 is 0 Å². The molecule has 4 rings (SSSR count). The number of aliphatic carboxylic acids is 1. The zero-order chi connectivity index (χ0) is 24.4. The van der Waals surface area contributed by atoms with E-state index in [-0.39, 0.29) is 30.3 Å². The van der Waals surface area contributed by atoms with Gasteiger partial charge in [0, 0.05) is 12.5 Å². The van der Waals surface area contributed by atoms with E-state index in [9.17, 15) is 19.5 Å². The molecule has 7 heteroatoms. The van der Waals surface area contributed by atoms with E-state index < -0.39 is 24.1 Å². The van der Waals surface area contributed by atoms with Gasteiger partial charge in [0.2, 0.25) is 5.91 Å². The van der Waals surface area contributed by atoms with E-state index in [0.717, 1.165) is 22.3 Å². The van der Waals surface area contributed by atoms with Crippen molar-refractivity contribution in [3.8, 4) is 11.1 Å². The molecule has 0 aromatic heterocycles. The summed E-state index contributed by atoms with van der Waals surface area (Å²) in [7, 11) is 0. The molecule has 180 valence electrons. The van der Waals surface area contributed by atoms with Gasteiger partial charge < -0.3 is 20.1 Å². The minimum absolute atomic E-state index is 0.0771. The molecule has 2 aliphatic rings. The Balaban J connectivity index is 1.46. The number of rotatable bonds is 7. The first-order chi connectivity index (χ1) is 16.3. The summed E-state index contributed by atoms with van der Waals surface area (Å²) in [6.45, 7) is 6.17. The summed E-state index contributed by atoms with van der Waals surface area (Å²) in [5.74, 6) is -1.75. The number of nitrogens with zero attached hydrogens (tertiary/aromatic N) is 1. The Kier molecular flexibility index (Phi) is 6.91. The van der Waals surface area contributed by atoms with Gasteiger partial charge in [-0.25, -0.2) is 9.59 Å². The van der Waals surface area contributed by atoms with Crippen LogP contribution in [0.1, 0.15) is 50.7 Å². The van der Waals surface area contributed by atoms with E-state index in [0.29, 0.717) is 19.4 Å². The molecule has 2 N–H and O–H groups in total. The Labute approximate surface area is 200 Å². The lowest BCUT2D eigenvalue weighted by Crippen LogP contribution is -2.55. The standard InChI is InChI=1S/C27H32N2O5/c1-4-16(2)23(25(30)29-14-13-17(3)24(29)26(31)32)28-27(33)34-15-22-20-11-7-5-9-18(20)19-10-6-8-12-21(19)22/h5-12,16-17,22-24H,4,13-15H2,1-3H3,(H,28,33)(H,31,32)/t16-,17?,23-,24?/m0/s1. The van der Waals surface area contributed by atoms with Crippen molar-refractivity contribution in [3.05, 3.63) is 59.7 Å². The molecule has 0 spiro atoms. The van der Waals surface area contributed by atoms with Crippen LogP contribution in [0.25, 0.3) is 11.1 Å². The van der Waals surface area contributed by atoms with Crippen LogP contribution in [0.4, 0.5) is 4.79 Å². The van der Waals surface area contributed by atoms with Gasteiger partial charge >= 0.3 is 12.1 Å². The Morgan fingerprint density at radius 3 is 2.24 bits per heavy atom. The number of hydrogen-bond donors (Lipinski definition) is 2. The van der Waals surface area contributed by atoms with Crippen LogP contribution in [-0.4, -0.2) is 53.2 Å². The lowest BCUT2D eigenvalue weighted by Gasteiger charge is -2.31. The zero-order valence-electron chi connectivity index (χ0n) is 19.9. The molecule has 1 aliphatic carbocycles. The van der Waals surface area contributed by atoms with Gasteiger partial charge in [0.15, 0.2) is 0 Å². The zero-order valence-corrected chi connectivity index (χ0v) is 19.9. The molecular weight excluding hydrogens is 432 g/mol. The number of fused-ring (bicyclic) bond motifs is 3. The minimum atomic E-state index is -1.01. The molecule has 0 radical (unpaired) electrons. The van der Waals surface area contributed by atoms with E-state index in [1.165, 1.54) is 4.90 Å². The molecule has 7 nitrogen and oxygen atoms in total. The number of likely N-dealkylation sites (tertiary alicyclic amines) is 1. The van der Waals surface area contributed by atoms with Crippen LogP contribution < -0.4 is 5.32 Å². The molecule has 2 amide bonds. The third-order valence-corrected chi connectivity index (χ3v) is 7.33. The van der Waals surface area contributed by atoms with Crippen molar-refractivity contribution >= 4 is 18.0 Å². The molecule has 1 fully saturated rings. The highest BCUT2D eigenvalue weighted by Gasteiger charge is 2.43. The fourth-order valence-electron chi connectivity index (χ4n) is 5.20. The van der Waals surface area contributed by atoms with Gasteiger partial charge in [-0.2, -0.15) is 0 Å². The molecule has 0 bridgehead atoms. The first kappa shape index (κ1) is 23.8. The largest absolute Gasteiger partial charge is 0.480 e. The fraction of sp³-hybridized carbons (Fsp3) is 0.444. The van der Waals surface area contributed by atoms with Crippen LogP contribution in [0.5, 0.6) is 0 Å². The Hall–Kier alpha value is -3.35. The average molecular weight is 465 g/mol. The second-order valence-corrected chi connectivity index (χ2v) is 9.41. The third kappa shape index (κ3) is 4.39. The molecule has 0 saturated carbocycles. The summed E-state index contributed by atoms with van der Waals surface area (Å²) < 4.78 is 5.64. The van der Waals surface area contributed by atoms with Crippen molar-refractivity contribution in [1.29, 1.82) is 0 Å². The van der Waals surface area contributed by atoms with Gasteiger partial charge in [0.05, 0.1) is 0 Å². The quantitative estimate of drug-likeness (QED) is 0.638. The van der Waals surface area contributed by atoms with Crippen molar-refractivity contribution in [2.45, 2.75) is 51.6 Å². The van der Waals surface area contributed by atoms with Crippen molar-refractivity contribution in [2.75, 3.05) is 13.2 Å². The highest BCUT2D eigenvalue weighted by atomic mass is 16.5. The third-order valence-electron chi connectivity index (χ3n) is 7.33. The van der Waals surface area contributed by atoms with Gasteiger partial charge in [0.1, 0.15) is 18.7 Å². The Morgan fingerprint density at radius 1 is 1.09 bits per heavy atom. The summed E-state index contributed by atoms with van der Waals surface area (Å²) in [6, 6.07) is 14.5. The normalized spacial score (nSPS) is 20.9. The van der Waals surface area contributed by atoms with Crippen LogP contribution in [0.15, 0.2) is 48.5 Å². The van der Waals surface area contributed by atoms with Gasteiger partial charge in [0.25, 0.3) is 0 Å². The second-order valence-electron chi connectivity index (χ2n) is 9.41. The van der Waals surface area contributed by atoms with Crippen molar-refractivity contribution in [2.24, 2.45) is 11.8 Å². The van der Waals surface area contributed by atoms with Gasteiger partial charge in [-0.05, 0) is 40.5 Å². The highest BCUT2D eigenvalue weighted by molar-refractivity contribution is 5.90. The van der Waals surface area contributed by atoms with E-state index in [2.05, 4.69) is 17.4 Å². The van der Waals surface area contributed by atoms with E-state index in [4.69, 9.17) is 4.74 Å². The average Bonchev–Trinajstić information content (AvgIpc) is 3.38. The molecule has 4 atom stereocenters. The summed E-state index contributed by atoms with van der Waals surface area (Å²) in [6.07, 6.45) is 0.613. The van der Waals surface area contributed by atoms with Crippen LogP contribution in [-0.2, 0) is 14.3 Å². The predicted octanol–water partition coefficient (Wildman–Crippen LogP) is 4.26. The minimum Gasteiger partial charge on any atom is -0.480 e. The highest BCUT2D eigenvalue weighted by Crippen LogP contribution is 2.44. The van der Waals surface area contributed by atoms with Crippen molar-refractivity contribution in [1.82, 2.24) is 10.2 Å². The lowest BCUT2D eigenvalue weighted by molar-refractivity contribution is -0.150. The molecule has 2 aromatic carbocycles. The number of carbonyl (C=O) groups excluding carboxylic acids is 2. The number of amides is 2. The van der Waals surface area contributed by atoms with Gasteiger partial charge in [-0.15, -0.1) is 0 Å². The lowest BCUT2D eigenvalue weighted by atomic mass is 9.97. The smallest absolute Gasteiger partial charge is 0.407 e. The molecule has 2 aromatic rings. The van der Waals surface area contributed by atoms with E-state index in [1.54, 1.807) is 0 Å². The van der Waals surface area contributed by atoms with Crippen molar-refractivity contribution < 1.29 is 24.2 Å². The number of nitrogens with one attached hydrogen (secondary N) is 1. The summed E-state index contributed by atoms with van der Waals surface area (Å²) in [5.41, 5.74) is 4.51. The van der Waals surface area contributed by atoms with Gasteiger partial charge in [-0.3, -0.25) is 4.79 Å². The van der Waals surface area contributed by atoms with Gasteiger partial charge in [-0.1, -0.05) is 75.7 Å². The van der Waals surface area contributed by atoms with Crippen LogP contribution in [0.3, 0.4) is 0 Å². The number of benzene rings is 2. The van der Waals surface area contributed by atoms with E-state index in [1.807, 2.05) is 57.2 Å². The Bertz CT molecular complexity index is 1040. The number of carbonyl (C=O) groups is 3. The topological polar surface area (TPSA) is 95.9 Å². The monoisotopic (exact) mass is 464 g/mol. The molecule has 2 unspecified atom stereocenters. The maximum Gasteiger partial charge on any atom is 0.407 e. The number of hydrogen-bond acceptors (Lipinski definition) is 4. The van der Waals surface area contributed by atoms with Crippen molar-refractivity contribution in [3.63, 3.8) is 0 Å². The molecule has 1 heterocycles. The Morgan fingerprint density at radius 2 is 1.68 bits per heavy atom. The summed E-state index contributed by atoms with van der Waals surface area (Å²) in [5, 5.41) is 12.4. The second kappa shape index (κ2) is 9.87. The maximum atomic E-state index is 13.3. The fourth-order valence-corrected chi connectivity index (χ4v) is 5.20. The van der Waals surface area contributed by atoms with Crippen LogP contribution in [0, 0.1) is 11.8 Å². The summed E-state index contributed by atoms with van der Waals surface area (Å²) >= 11 is 0. The SMILES string of the molecule is CC[C@H](C)[C@H](NC(=O)OCC1c2ccccc2-c2ccccc21)C(=O)N1CCC(C)C1C(=O)O. The van der Waals surface area contributed by atoms with Crippen LogP contribution in [0.2, 0.25) is 0 Å². The first-order valence-corrected chi connectivity index (χ1v) is 12.0. The predicted molar refractivity (Wildman–Crippen MR) is 128 cm³/mol. The molecule has 1 aliphatic heterocycles. The number of alkyl carbamates (subject to hydrolysis) is 1. The number of carboxylic acids is 1. The molecule has 1 saturated heterocycles. The number of ether oxygens (including phenoxy) is 1. The first-order valence-electron chi connectivity index (χ1n) is 12.0. The molecular formula is C27H32N2O5.